The summed E-state index contributed by atoms with van der Waals surface area (Å²) in [6.07, 6.45) is 6.59. The first-order chi connectivity index (χ1) is 14.6. The number of carbonyl (C=O) groups excluding carboxylic acids is 1. The first-order valence-corrected chi connectivity index (χ1v) is 11.6. The summed E-state index contributed by atoms with van der Waals surface area (Å²) in [6.45, 7) is 8.75. The number of nitrogens with zero attached hydrogens (tertiary/aromatic N) is 4. The second-order valence-electron chi connectivity index (χ2n) is 9.01. The summed E-state index contributed by atoms with van der Waals surface area (Å²) >= 11 is 0. The Hall–Kier alpha value is -2.21. The average molecular weight is 411 g/mol. The minimum atomic E-state index is 0.311. The highest BCUT2D eigenvalue weighted by Crippen LogP contribution is 2.33. The van der Waals surface area contributed by atoms with E-state index in [0.29, 0.717) is 30.0 Å². The minimum Gasteiger partial charge on any atom is -0.340 e. The van der Waals surface area contributed by atoms with Gasteiger partial charge in [0.1, 0.15) is 0 Å². The Morgan fingerprint density at radius 3 is 2.50 bits per heavy atom. The summed E-state index contributed by atoms with van der Waals surface area (Å²) in [4.78, 5) is 21.5. The van der Waals surface area contributed by atoms with Crippen molar-refractivity contribution in [1.82, 2.24) is 19.9 Å². The molecule has 0 bridgehead atoms. The lowest BCUT2D eigenvalue weighted by Gasteiger charge is -2.35. The number of hydrogen-bond acceptors (Lipinski definition) is 5. The standard InChI is InChI=1S/C24H34N4O2/c1-3-18(2)16-22(29)28-14-12-27(13-15-28)17-19-8-10-20(11-9-19)23-25-24(30-26-23)21-6-4-5-7-21/h8-11,18,21H,3-7,12-17H2,1-2H3/t18-/m0/s1. The second kappa shape index (κ2) is 9.73. The maximum Gasteiger partial charge on any atom is 0.230 e. The first kappa shape index (κ1) is 21.0. The molecule has 1 aliphatic carbocycles. The molecular weight excluding hydrogens is 376 g/mol. The van der Waals surface area contributed by atoms with Crippen LogP contribution in [0.1, 0.15) is 69.7 Å². The molecule has 2 aromatic rings. The maximum absolute atomic E-state index is 12.4. The molecule has 1 amide bonds. The molecule has 2 aliphatic rings. The van der Waals surface area contributed by atoms with Gasteiger partial charge in [-0.2, -0.15) is 4.98 Å². The van der Waals surface area contributed by atoms with E-state index < -0.39 is 0 Å². The van der Waals surface area contributed by atoms with Gasteiger partial charge in [0.2, 0.25) is 17.6 Å². The highest BCUT2D eigenvalue weighted by molar-refractivity contribution is 5.76. The number of benzene rings is 1. The lowest BCUT2D eigenvalue weighted by molar-refractivity contribution is -0.133. The molecule has 1 aliphatic heterocycles. The fourth-order valence-corrected chi connectivity index (χ4v) is 4.44. The van der Waals surface area contributed by atoms with Crippen LogP contribution in [0.2, 0.25) is 0 Å². The summed E-state index contributed by atoms with van der Waals surface area (Å²) in [5.74, 6) is 2.72. The van der Waals surface area contributed by atoms with Crippen molar-refractivity contribution >= 4 is 5.91 Å². The summed E-state index contributed by atoms with van der Waals surface area (Å²) in [5.41, 5.74) is 2.28. The zero-order chi connectivity index (χ0) is 20.9. The molecule has 4 rings (SSSR count). The Balaban J connectivity index is 1.28. The quantitative estimate of drug-likeness (QED) is 0.674. The Morgan fingerprint density at radius 2 is 1.83 bits per heavy atom. The van der Waals surface area contributed by atoms with Gasteiger partial charge in [-0.25, -0.2) is 0 Å². The van der Waals surface area contributed by atoms with E-state index in [1.807, 2.05) is 4.90 Å². The molecule has 1 saturated heterocycles. The lowest BCUT2D eigenvalue weighted by Crippen LogP contribution is -2.48. The Morgan fingerprint density at radius 1 is 1.13 bits per heavy atom. The van der Waals surface area contributed by atoms with Gasteiger partial charge in [-0.15, -0.1) is 0 Å². The van der Waals surface area contributed by atoms with Gasteiger partial charge in [0.15, 0.2) is 0 Å². The third-order valence-electron chi connectivity index (χ3n) is 6.71. The molecule has 0 unspecified atom stereocenters. The number of hydrogen-bond donors (Lipinski definition) is 0. The van der Waals surface area contributed by atoms with E-state index in [4.69, 9.17) is 4.52 Å². The normalized spacial score (nSPS) is 19.3. The van der Waals surface area contributed by atoms with Crippen LogP contribution in [0, 0.1) is 5.92 Å². The molecule has 1 aromatic heterocycles. The molecule has 0 spiro atoms. The van der Waals surface area contributed by atoms with Crippen LogP contribution in [0.25, 0.3) is 11.4 Å². The number of amides is 1. The average Bonchev–Trinajstić information content (AvgIpc) is 3.47. The van der Waals surface area contributed by atoms with Crippen LogP contribution in [0.4, 0.5) is 0 Å². The lowest BCUT2D eigenvalue weighted by atomic mass is 10.0. The highest BCUT2D eigenvalue weighted by atomic mass is 16.5. The van der Waals surface area contributed by atoms with Crippen LogP contribution in [0.3, 0.4) is 0 Å². The predicted molar refractivity (Wildman–Crippen MR) is 117 cm³/mol. The van der Waals surface area contributed by atoms with E-state index in [1.165, 1.54) is 18.4 Å². The van der Waals surface area contributed by atoms with Gasteiger partial charge in [-0.3, -0.25) is 9.69 Å². The molecule has 0 N–H and O–H groups in total. The topological polar surface area (TPSA) is 62.5 Å². The van der Waals surface area contributed by atoms with Crippen LogP contribution in [0.5, 0.6) is 0 Å². The molecule has 162 valence electrons. The van der Waals surface area contributed by atoms with E-state index in [9.17, 15) is 4.79 Å². The van der Waals surface area contributed by atoms with Crippen molar-refractivity contribution in [3.8, 4) is 11.4 Å². The van der Waals surface area contributed by atoms with E-state index in [1.54, 1.807) is 0 Å². The summed E-state index contributed by atoms with van der Waals surface area (Å²) < 4.78 is 5.51. The molecule has 1 saturated carbocycles. The van der Waals surface area contributed by atoms with Crippen LogP contribution < -0.4 is 0 Å². The SMILES string of the molecule is CC[C@H](C)CC(=O)N1CCN(Cc2ccc(-c3noc(C4CCCC4)n3)cc2)CC1. The van der Waals surface area contributed by atoms with Crippen molar-refractivity contribution in [2.75, 3.05) is 26.2 Å². The van der Waals surface area contributed by atoms with E-state index in [2.05, 4.69) is 53.2 Å². The zero-order valence-electron chi connectivity index (χ0n) is 18.3. The molecule has 6 heteroatoms. The van der Waals surface area contributed by atoms with Crippen molar-refractivity contribution < 1.29 is 9.32 Å². The van der Waals surface area contributed by atoms with Crippen molar-refractivity contribution in [1.29, 1.82) is 0 Å². The van der Waals surface area contributed by atoms with E-state index in [-0.39, 0.29) is 0 Å². The third-order valence-corrected chi connectivity index (χ3v) is 6.71. The first-order valence-electron chi connectivity index (χ1n) is 11.6. The molecule has 1 aromatic carbocycles. The van der Waals surface area contributed by atoms with Crippen LogP contribution >= 0.6 is 0 Å². The number of rotatable bonds is 7. The Labute approximate surface area is 179 Å². The van der Waals surface area contributed by atoms with Crippen LogP contribution in [-0.2, 0) is 11.3 Å². The van der Waals surface area contributed by atoms with Crippen molar-refractivity contribution in [3.63, 3.8) is 0 Å². The van der Waals surface area contributed by atoms with Gasteiger partial charge < -0.3 is 9.42 Å². The van der Waals surface area contributed by atoms with E-state index >= 15 is 0 Å². The second-order valence-corrected chi connectivity index (χ2v) is 9.01. The summed E-state index contributed by atoms with van der Waals surface area (Å²) in [6, 6.07) is 8.48. The minimum absolute atomic E-state index is 0.311. The van der Waals surface area contributed by atoms with Crippen LogP contribution in [-0.4, -0.2) is 52.0 Å². The summed E-state index contributed by atoms with van der Waals surface area (Å²) in [7, 11) is 0. The molecule has 1 atom stereocenters. The van der Waals surface area contributed by atoms with Crippen LogP contribution in [0.15, 0.2) is 28.8 Å². The highest BCUT2D eigenvalue weighted by Gasteiger charge is 2.24. The van der Waals surface area contributed by atoms with Gasteiger partial charge in [0.05, 0.1) is 0 Å². The smallest absolute Gasteiger partial charge is 0.230 e. The van der Waals surface area contributed by atoms with Gasteiger partial charge in [0, 0.05) is 50.6 Å². The zero-order valence-corrected chi connectivity index (χ0v) is 18.3. The van der Waals surface area contributed by atoms with Gasteiger partial charge in [0.25, 0.3) is 0 Å². The number of carbonyl (C=O) groups is 1. The molecule has 2 heterocycles. The molecule has 2 fully saturated rings. The fourth-order valence-electron chi connectivity index (χ4n) is 4.44. The van der Waals surface area contributed by atoms with E-state index in [0.717, 1.165) is 63.4 Å². The third kappa shape index (κ3) is 5.09. The number of aromatic nitrogens is 2. The van der Waals surface area contributed by atoms with Gasteiger partial charge >= 0.3 is 0 Å². The Kier molecular flexibility index (Phi) is 6.82. The van der Waals surface area contributed by atoms with Gasteiger partial charge in [-0.05, 0) is 24.3 Å². The molecular formula is C24H34N4O2. The largest absolute Gasteiger partial charge is 0.340 e. The Bertz CT molecular complexity index is 818. The van der Waals surface area contributed by atoms with Crippen molar-refractivity contribution in [2.45, 2.75) is 64.8 Å². The fraction of sp³-hybridized carbons (Fsp3) is 0.625. The number of piperazine rings is 1. The molecule has 30 heavy (non-hydrogen) atoms. The maximum atomic E-state index is 12.4. The van der Waals surface area contributed by atoms with Crippen molar-refractivity contribution in [2.24, 2.45) is 5.92 Å². The molecule has 0 radical (unpaired) electrons. The molecule has 6 nitrogen and oxygen atoms in total. The monoisotopic (exact) mass is 410 g/mol. The van der Waals surface area contributed by atoms with Gasteiger partial charge in [-0.1, -0.05) is 62.5 Å². The van der Waals surface area contributed by atoms with Crippen molar-refractivity contribution in [3.05, 3.63) is 35.7 Å². The summed E-state index contributed by atoms with van der Waals surface area (Å²) in [5, 5.41) is 4.19. The predicted octanol–water partition coefficient (Wildman–Crippen LogP) is 4.47.